The summed E-state index contributed by atoms with van der Waals surface area (Å²) in [5, 5.41) is 2.84. The van der Waals surface area contributed by atoms with E-state index in [1.54, 1.807) is 0 Å². The fraction of sp³-hybridized carbons (Fsp3) is 0.391. The molecule has 1 heterocycles. The monoisotopic (exact) mass is 413 g/mol. The van der Waals surface area contributed by atoms with Crippen LogP contribution >= 0.6 is 0 Å². The number of ether oxygens (including phenoxy) is 4. The lowest BCUT2D eigenvalue weighted by atomic mass is 9.95. The molecule has 30 heavy (non-hydrogen) atoms. The molecular weight excluding hydrogens is 386 g/mol. The van der Waals surface area contributed by atoms with Gasteiger partial charge in [-0.3, -0.25) is 9.59 Å². The van der Waals surface area contributed by atoms with E-state index in [0.717, 1.165) is 11.1 Å². The van der Waals surface area contributed by atoms with Gasteiger partial charge in [0.2, 0.25) is 0 Å². The normalized spacial score (nSPS) is 23.6. The second-order valence-corrected chi connectivity index (χ2v) is 7.10. The maximum Gasteiger partial charge on any atom is 0.302 e. The first-order valence-electron chi connectivity index (χ1n) is 9.86. The molecule has 1 fully saturated rings. The second-order valence-electron chi connectivity index (χ2n) is 7.10. The number of hydrogen-bond acceptors (Lipinski definition) is 6. The average molecular weight is 413 g/mol. The lowest BCUT2D eigenvalue weighted by Gasteiger charge is -2.41. The van der Waals surface area contributed by atoms with E-state index in [9.17, 15) is 9.59 Å². The highest BCUT2D eigenvalue weighted by Gasteiger charge is 2.46. The second kappa shape index (κ2) is 10.9. The Balaban J connectivity index is 1.76. The van der Waals surface area contributed by atoms with Gasteiger partial charge in [-0.1, -0.05) is 60.7 Å². The van der Waals surface area contributed by atoms with Gasteiger partial charge in [-0.15, -0.1) is 0 Å². The molecule has 0 radical (unpaired) electrons. The molecule has 1 aliphatic heterocycles. The number of nitrogens with one attached hydrogen (secondary N) is 1. The topological polar surface area (TPSA) is 83.1 Å². The first-order valence-corrected chi connectivity index (χ1v) is 9.86. The van der Waals surface area contributed by atoms with Crippen molar-refractivity contribution in [2.45, 2.75) is 44.5 Å². The van der Waals surface area contributed by atoms with Crippen molar-refractivity contribution in [2.24, 2.45) is 0 Å². The van der Waals surface area contributed by atoms with Crippen molar-refractivity contribution in [3.8, 4) is 0 Å². The summed E-state index contributed by atoms with van der Waals surface area (Å²) in [4.78, 5) is 24.1. The summed E-state index contributed by atoms with van der Waals surface area (Å²) in [5.41, 5.74) is 1.92. The van der Waals surface area contributed by atoms with E-state index in [4.69, 9.17) is 18.9 Å². The van der Waals surface area contributed by atoms with Crippen LogP contribution in [0, 0.1) is 0 Å². The molecule has 2 aromatic rings. The zero-order valence-corrected chi connectivity index (χ0v) is 17.2. The van der Waals surface area contributed by atoms with Crippen LogP contribution in [0.3, 0.4) is 0 Å². The highest BCUT2D eigenvalue weighted by atomic mass is 16.6. The van der Waals surface area contributed by atoms with Crippen molar-refractivity contribution >= 4 is 11.9 Å². The number of carbonyl (C=O) groups is 2. The van der Waals surface area contributed by atoms with Gasteiger partial charge in [0.25, 0.3) is 5.91 Å². The summed E-state index contributed by atoms with van der Waals surface area (Å²) in [7, 11) is 1.54. The van der Waals surface area contributed by atoms with Gasteiger partial charge in [-0.25, -0.2) is 0 Å². The highest BCUT2D eigenvalue weighted by Crippen LogP contribution is 2.23. The van der Waals surface area contributed by atoms with Crippen molar-refractivity contribution in [1.29, 1.82) is 0 Å². The van der Waals surface area contributed by atoms with E-state index < -0.39 is 30.3 Å². The van der Waals surface area contributed by atoms with Gasteiger partial charge in [-0.05, 0) is 11.1 Å². The third-order valence-corrected chi connectivity index (χ3v) is 4.90. The van der Waals surface area contributed by atoms with Crippen LogP contribution < -0.4 is 5.32 Å². The molecule has 0 aromatic heterocycles. The van der Waals surface area contributed by atoms with Crippen molar-refractivity contribution in [3.63, 3.8) is 0 Å². The van der Waals surface area contributed by atoms with Gasteiger partial charge in [0.1, 0.15) is 18.8 Å². The fourth-order valence-electron chi connectivity index (χ4n) is 3.42. The van der Waals surface area contributed by atoms with Gasteiger partial charge >= 0.3 is 5.97 Å². The Morgan fingerprint density at radius 1 is 0.900 bits per heavy atom. The number of methoxy groups -OCH3 is 1. The van der Waals surface area contributed by atoms with Crippen LogP contribution in [-0.2, 0) is 41.8 Å². The van der Waals surface area contributed by atoms with Crippen LogP contribution in [0.25, 0.3) is 0 Å². The van der Waals surface area contributed by atoms with Crippen LogP contribution in [0.5, 0.6) is 0 Å². The first-order chi connectivity index (χ1) is 14.6. The van der Waals surface area contributed by atoms with Crippen molar-refractivity contribution in [1.82, 2.24) is 5.32 Å². The predicted molar refractivity (Wildman–Crippen MR) is 109 cm³/mol. The van der Waals surface area contributed by atoms with Gasteiger partial charge < -0.3 is 24.3 Å². The van der Waals surface area contributed by atoms with E-state index in [-0.39, 0.29) is 19.1 Å². The largest absolute Gasteiger partial charge is 0.464 e. The molecule has 3 rings (SSSR count). The van der Waals surface area contributed by atoms with E-state index in [2.05, 4.69) is 5.32 Å². The van der Waals surface area contributed by atoms with Crippen molar-refractivity contribution in [3.05, 3.63) is 71.8 Å². The summed E-state index contributed by atoms with van der Waals surface area (Å²) in [6.07, 6.45) is -2.09. The van der Waals surface area contributed by atoms with Gasteiger partial charge in [0.15, 0.2) is 6.10 Å². The Morgan fingerprint density at radius 2 is 1.47 bits per heavy atom. The zero-order chi connectivity index (χ0) is 21.3. The number of amides is 1. The molecule has 0 saturated carbocycles. The molecule has 2 aromatic carbocycles. The zero-order valence-electron chi connectivity index (χ0n) is 17.2. The lowest BCUT2D eigenvalue weighted by molar-refractivity contribution is -0.185. The summed E-state index contributed by atoms with van der Waals surface area (Å²) in [6.45, 7) is 1.87. The van der Waals surface area contributed by atoms with Crippen molar-refractivity contribution < 1.29 is 28.5 Å². The minimum Gasteiger partial charge on any atom is -0.464 e. The SMILES string of the molecule is CO[C@H]1[C@H](OCc2ccccc2)[C@@H](OCc2ccccc2)C(=O)N[C@@H]1COC(C)=O. The fourth-order valence-corrected chi connectivity index (χ4v) is 3.42. The number of carbonyl (C=O) groups excluding carboxylic acids is 2. The molecule has 0 spiro atoms. The smallest absolute Gasteiger partial charge is 0.302 e. The molecule has 0 aliphatic carbocycles. The third kappa shape index (κ3) is 5.89. The Kier molecular flexibility index (Phi) is 7.96. The maximum absolute atomic E-state index is 12.8. The molecule has 0 unspecified atom stereocenters. The molecule has 4 atom stereocenters. The number of esters is 1. The number of rotatable bonds is 9. The number of piperidine rings is 1. The minimum atomic E-state index is -0.868. The molecule has 7 heteroatoms. The lowest BCUT2D eigenvalue weighted by Crippen LogP contribution is -2.65. The van der Waals surface area contributed by atoms with Gasteiger partial charge in [0, 0.05) is 14.0 Å². The number of hydrogen-bond donors (Lipinski definition) is 1. The minimum absolute atomic E-state index is 0.00379. The molecule has 0 bridgehead atoms. The van der Waals surface area contributed by atoms with E-state index in [1.807, 2.05) is 60.7 Å². The van der Waals surface area contributed by atoms with E-state index in [0.29, 0.717) is 6.61 Å². The predicted octanol–water partition coefficient (Wildman–Crippen LogP) is 2.23. The molecule has 160 valence electrons. The van der Waals surface area contributed by atoms with Crippen LogP contribution in [0.4, 0.5) is 0 Å². The van der Waals surface area contributed by atoms with Crippen LogP contribution in [0.1, 0.15) is 18.1 Å². The summed E-state index contributed by atoms with van der Waals surface area (Å²) < 4.78 is 22.9. The average Bonchev–Trinajstić information content (AvgIpc) is 2.76. The number of benzene rings is 2. The van der Waals surface area contributed by atoms with E-state index >= 15 is 0 Å². The van der Waals surface area contributed by atoms with Crippen molar-refractivity contribution in [2.75, 3.05) is 13.7 Å². The third-order valence-electron chi connectivity index (χ3n) is 4.90. The molecule has 1 N–H and O–H groups in total. The quantitative estimate of drug-likeness (QED) is 0.635. The molecule has 1 saturated heterocycles. The van der Waals surface area contributed by atoms with Gasteiger partial charge in [-0.2, -0.15) is 0 Å². The Bertz CT molecular complexity index is 813. The Hall–Kier alpha value is -2.74. The summed E-state index contributed by atoms with van der Waals surface area (Å²) in [5.74, 6) is -0.752. The van der Waals surface area contributed by atoms with Crippen LogP contribution in [-0.4, -0.2) is 49.9 Å². The summed E-state index contributed by atoms with van der Waals surface area (Å²) >= 11 is 0. The Morgan fingerprint density at radius 3 is 2.00 bits per heavy atom. The molecule has 1 amide bonds. The van der Waals surface area contributed by atoms with Gasteiger partial charge in [0.05, 0.1) is 19.3 Å². The molecular formula is C23H27NO6. The Labute approximate surface area is 176 Å². The molecule has 1 aliphatic rings. The van der Waals surface area contributed by atoms with Crippen LogP contribution in [0.2, 0.25) is 0 Å². The standard InChI is InChI=1S/C23H27NO6/c1-16(25)28-15-19-20(27-2)21(29-13-17-9-5-3-6-10-17)22(23(26)24-19)30-14-18-11-7-4-8-12-18/h3-12,19-22H,13-15H2,1-2H3,(H,24,26)/t19-,20-,21+,22-/m1/s1. The maximum atomic E-state index is 12.8. The molecule has 7 nitrogen and oxygen atoms in total. The van der Waals surface area contributed by atoms with E-state index in [1.165, 1.54) is 14.0 Å². The van der Waals surface area contributed by atoms with Crippen LogP contribution in [0.15, 0.2) is 60.7 Å². The highest BCUT2D eigenvalue weighted by molar-refractivity contribution is 5.83. The first kappa shape index (κ1) is 22.0. The summed E-state index contributed by atoms with van der Waals surface area (Å²) in [6, 6.07) is 18.7.